The van der Waals surface area contributed by atoms with Crippen LogP contribution < -0.4 is 0 Å². The molecule has 3 rings (SSSR count). The zero-order chi connectivity index (χ0) is 16.9. The van der Waals surface area contributed by atoms with E-state index in [-0.39, 0.29) is 11.4 Å². The lowest BCUT2D eigenvalue weighted by atomic mass is 10.1. The van der Waals surface area contributed by atoms with Gasteiger partial charge < -0.3 is 5.11 Å². The first-order chi connectivity index (χ1) is 11.6. The molecular formula is C18H13FN2O2S. The molecule has 0 saturated carbocycles. The van der Waals surface area contributed by atoms with Crippen molar-refractivity contribution < 1.29 is 14.3 Å². The Morgan fingerprint density at radius 1 is 0.958 bits per heavy atom. The maximum atomic E-state index is 12.9. The molecule has 4 nitrogen and oxygen atoms in total. The first-order valence-corrected chi connectivity index (χ1v) is 8.15. The number of benzene rings is 2. The van der Waals surface area contributed by atoms with Crippen molar-refractivity contribution in [2.45, 2.75) is 10.8 Å². The van der Waals surface area contributed by atoms with E-state index in [0.717, 1.165) is 16.2 Å². The fraction of sp³-hybridized carbons (Fsp3) is 0.0556. The van der Waals surface area contributed by atoms with Gasteiger partial charge in [-0.15, -0.1) is 10.2 Å². The molecule has 1 N–H and O–H groups in total. The van der Waals surface area contributed by atoms with Crippen molar-refractivity contribution in [2.24, 2.45) is 0 Å². The van der Waals surface area contributed by atoms with Gasteiger partial charge in [0.15, 0.2) is 0 Å². The van der Waals surface area contributed by atoms with E-state index in [4.69, 9.17) is 5.11 Å². The molecule has 0 bridgehead atoms. The van der Waals surface area contributed by atoms with Gasteiger partial charge in [-0.1, -0.05) is 23.9 Å². The van der Waals surface area contributed by atoms with Crippen molar-refractivity contribution in [3.05, 3.63) is 77.6 Å². The van der Waals surface area contributed by atoms with Gasteiger partial charge in [0.1, 0.15) is 10.8 Å². The molecule has 0 spiro atoms. The second-order valence-electron chi connectivity index (χ2n) is 5.05. The minimum Gasteiger partial charge on any atom is -0.478 e. The Bertz CT molecular complexity index is 834. The summed E-state index contributed by atoms with van der Waals surface area (Å²) in [5, 5.41) is 18.0. The maximum Gasteiger partial charge on any atom is 0.335 e. The molecular weight excluding hydrogens is 327 g/mol. The summed E-state index contributed by atoms with van der Waals surface area (Å²) in [4.78, 5) is 10.8. The van der Waals surface area contributed by atoms with Crippen molar-refractivity contribution in [2.75, 3.05) is 0 Å². The van der Waals surface area contributed by atoms with E-state index in [2.05, 4.69) is 10.2 Å². The Kier molecular flexibility index (Phi) is 4.86. The summed E-state index contributed by atoms with van der Waals surface area (Å²) in [6.07, 6.45) is 0. The number of carboxylic acids is 1. The predicted molar refractivity (Wildman–Crippen MR) is 90.4 cm³/mol. The van der Waals surface area contributed by atoms with Crippen LogP contribution >= 0.6 is 11.8 Å². The minimum atomic E-state index is -0.934. The van der Waals surface area contributed by atoms with Gasteiger partial charge in [0.25, 0.3) is 0 Å². The number of hydrogen-bond donors (Lipinski definition) is 1. The molecule has 120 valence electrons. The smallest absolute Gasteiger partial charge is 0.335 e. The first-order valence-electron chi connectivity index (χ1n) is 7.16. The third-order valence-electron chi connectivity index (χ3n) is 3.37. The minimum absolute atomic E-state index is 0.271. The second-order valence-corrected chi connectivity index (χ2v) is 6.05. The molecule has 6 heteroatoms. The lowest BCUT2D eigenvalue weighted by molar-refractivity contribution is 0.0697. The molecule has 0 unspecified atom stereocenters. The highest BCUT2D eigenvalue weighted by Gasteiger charge is 2.04. The highest BCUT2D eigenvalue weighted by molar-refractivity contribution is 7.98. The summed E-state index contributed by atoms with van der Waals surface area (Å²) >= 11 is 1.51. The summed E-state index contributed by atoms with van der Waals surface area (Å²) in [5.41, 5.74) is 2.77. The molecule has 24 heavy (non-hydrogen) atoms. The fourth-order valence-electron chi connectivity index (χ4n) is 2.07. The summed E-state index contributed by atoms with van der Waals surface area (Å²) in [5.74, 6) is -0.547. The van der Waals surface area contributed by atoms with Gasteiger partial charge >= 0.3 is 5.97 Å². The summed E-state index contributed by atoms with van der Waals surface area (Å²) in [7, 11) is 0. The molecule has 1 aromatic heterocycles. The van der Waals surface area contributed by atoms with Crippen LogP contribution in [0.25, 0.3) is 11.3 Å². The lowest BCUT2D eigenvalue weighted by Crippen LogP contribution is -1.95. The first kappa shape index (κ1) is 16.1. The number of nitrogens with zero attached hydrogens (tertiary/aromatic N) is 2. The largest absolute Gasteiger partial charge is 0.478 e. The van der Waals surface area contributed by atoms with E-state index < -0.39 is 5.97 Å². The molecule has 2 aromatic carbocycles. The Morgan fingerprint density at radius 3 is 2.25 bits per heavy atom. The lowest BCUT2D eigenvalue weighted by Gasteiger charge is -2.03. The Hall–Kier alpha value is -2.73. The van der Waals surface area contributed by atoms with Crippen molar-refractivity contribution in [1.29, 1.82) is 0 Å². The van der Waals surface area contributed by atoms with Crippen LogP contribution in [-0.4, -0.2) is 21.3 Å². The predicted octanol–water partition coefficient (Wildman–Crippen LogP) is 4.27. The average Bonchev–Trinajstić information content (AvgIpc) is 2.61. The molecule has 0 atom stereocenters. The van der Waals surface area contributed by atoms with E-state index in [1.807, 2.05) is 12.1 Å². The average molecular weight is 340 g/mol. The summed E-state index contributed by atoms with van der Waals surface area (Å²) < 4.78 is 12.9. The van der Waals surface area contributed by atoms with Crippen LogP contribution in [0.3, 0.4) is 0 Å². The van der Waals surface area contributed by atoms with Crippen LogP contribution in [0.1, 0.15) is 15.9 Å². The van der Waals surface area contributed by atoms with Crippen molar-refractivity contribution in [3.8, 4) is 11.3 Å². The van der Waals surface area contributed by atoms with Crippen LogP contribution in [0.4, 0.5) is 4.39 Å². The van der Waals surface area contributed by atoms with Gasteiger partial charge in [-0.2, -0.15) is 0 Å². The van der Waals surface area contributed by atoms with Crippen LogP contribution in [0, 0.1) is 5.82 Å². The number of carboxylic acid groups (broad SMARTS) is 1. The van der Waals surface area contributed by atoms with Crippen LogP contribution in [0.15, 0.2) is 65.7 Å². The van der Waals surface area contributed by atoms with Gasteiger partial charge in [-0.25, -0.2) is 9.18 Å². The van der Waals surface area contributed by atoms with Crippen LogP contribution in [0.5, 0.6) is 0 Å². The van der Waals surface area contributed by atoms with E-state index in [9.17, 15) is 9.18 Å². The van der Waals surface area contributed by atoms with Crippen molar-refractivity contribution in [1.82, 2.24) is 10.2 Å². The molecule has 1 heterocycles. The zero-order valence-electron chi connectivity index (χ0n) is 12.5. The number of halogens is 1. The standard InChI is InChI=1S/C18H13FN2O2S/c19-15-7-5-13(6-8-15)16-9-10-17(21-20-16)24-11-12-1-3-14(4-2-12)18(22)23/h1-10H,11H2,(H,22,23). The van der Waals surface area contributed by atoms with Crippen LogP contribution in [-0.2, 0) is 5.75 Å². The van der Waals surface area contributed by atoms with Gasteiger partial charge in [-0.05, 0) is 54.1 Å². The number of carbonyl (C=O) groups is 1. The van der Waals surface area contributed by atoms with Gasteiger partial charge in [0.2, 0.25) is 0 Å². The van der Waals surface area contributed by atoms with E-state index >= 15 is 0 Å². The number of hydrogen-bond acceptors (Lipinski definition) is 4. The molecule has 0 aliphatic heterocycles. The van der Waals surface area contributed by atoms with E-state index in [1.165, 1.54) is 23.9 Å². The Morgan fingerprint density at radius 2 is 1.67 bits per heavy atom. The van der Waals surface area contributed by atoms with E-state index in [0.29, 0.717) is 11.4 Å². The van der Waals surface area contributed by atoms with Gasteiger partial charge in [0, 0.05) is 11.3 Å². The van der Waals surface area contributed by atoms with Crippen molar-refractivity contribution in [3.63, 3.8) is 0 Å². The Balaban J connectivity index is 1.63. The normalized spacial score (nSPS) is 10.5. The summed E-state index contributed by atoms with van der Waals surface area (Å²) in [6, 6.07) is 16.6. The second kappa shape index (κ2) is 7.23. The number of rotatable bonds is 5. The third kappa shape index (κ3) is 3.97. The number of thioether (sulfide) groups is 1. The molecule has 0 fully saturated rings. The topological polar surface area (TPSA) is 63.1 Å². The van der Waals surface area contributed by atoms with E-state index in [1.54, 1.807) is 36.4 Å². The number of aromatic nitrogens is 2. The quantitative estimate of drug-likeness (QED) is 0.703. The molecule has 0 amide bonds. The van der Waals surface area contributed by atoms with Gasteiger partial charge in [0.05, 0.1) is 11.3 Å². The molecule has 0 saturated heterocycles. The highest BCUT2D eigenvalue weighted by Crippen LogP contribution is 2.23. The van der Waals surface area contributed by atoms with Gasteiger partial charge in [-0.3, -0.25) is 0 Å². The maximum absolute atomic E-state index is 12.9. The Labute approximate surface area is 142 Å². The zero-order valence-corrected chi connectivity index (χ0v) is 13.3. The fourth-order valence-corrected chi connectivity index (χ4v) is 2.84. The third-order valence-corrected chi connectivity index (χ3v) is 4.36. The van der Waals surface area contributed by atoms with Crippen molar-refractivity contribution >= 4 is 17.7 Å². The molecule has 3 aromatic rings. The number of aromatic carboxylic acids is 1. The monoisotopic (exact) mass is 340 g/mol. The molecule has 0 aliphatic rings. The SMILES string of the molecule is O=C(O)c1ccc(CSc2ccc(-c3ccc(F)cc3)nn2)cc1. The molecule has 0 radical (unpaired) electrons. The van der Waals surface area contributed by atoms with Crippen LogP contribution in [0.2, 0.25) is 0 Å². The summed E-state index contributed by atoms with van der Waals surface area (Å²) in [6.45, 7) is 0. The molecule has 0 aliphatic carbocycles. The highest BCUT2D eigenvalue weighted by atomic mass is 32.2.